The lowest BCUT2D eigenvalue weighted by molar-refractivity contribution is -0.147. The molecule has 0 aliphatic carbocycles. The quantitative estimate of drug-likeness (QED) is 0.652. The number of alkyl halides is 1. The fourth-order valence-corrected chi connectivity index (χ4v) is 3.93. The summed E-state index contributed by atoms with van der Waals surface area (Å²) < 4.78 is 14.6. The molecule has 122 valence electrons. The number of hydrogen-bond acceptors (Lipinski definition) is 6. The summed E-state index contributed by atoms with van der Waals surface area (Å²) in [5.74, 6) is 1.19. The van der Waals surface area contributed by atoms with Crippen LogP contribution < -0.4 is 9.47 Å². The highest BCUT2D eigenvalue weighted by molar-refractivity contribution is 8.01. The molecule has 0 saturated heterocycles. The molecule has 0 fully saturated rings. The van der Waals surface area contributed by atoms with Gasteiger partial charge in [0.25, 0.3) is 0 Å². The SMILES string of the molecule is COC(=O)[C@]1(CCCCl)Sc2cc(OC)ccc2OC[C@@H]1O. The van der Waals surface area contributed by atoms with Crippen LogP contribution in [0.2, 0.25) is 0 Å². The molecule has 1 heterocycles. The zero-order chi connectivity index (χ0) is 16.2. The molecule has 7 heteroatoms. The van der Waals surface area contributed by atoms with Gasteiger partial charge in [-0.25, -0.2) is 0 Å². The predicted molar refractivity (Wildman–Crippen MR) is 85.1 cm³/mol. The maximum Gasteiger partial charge on any atom is 0.325 e. The maximum absolute atomic E-state index is 12.4. The van der Waals surface area contributed by atoms with Gasteiger partial charge in [-0.3, -0.25) is 4.79 Å². The van der Waals surface area contributed by atoms with Gasteiger partial charge in [-0.15, -0.1) is 23.4 Å². The first-order chi connectivity index (χ1) is 10.6. The Kier molecular flexibility index (Phi) is 5.83. The highest BCUT2D eigenvalue weighted by Gasteiger charge is 2.49. The fraction of sp³-hybridized carbons (Fsp3) is 0.533. The fourth-order valence-electron chi connectivity index (χ4n) is 2.38. The van der Waals surface area contributed by atoms with Gasteiger partial charge in [-0.1, -0.05) is 0 Å². The van der Waals surface area contributed by atoms with E-state index >= 15 is 0 Å². The minimum absolute atomic E-state index is 0.0176. The van der Waals surface area contributed by atoms with Gasteiger partial charge in [0, 0.05) is 5.88 Å². The zero-order valence-corrected chi connectivity index (χ0v) is 14.1. The van der Waals surface area contributed by atoms with E-state index in [0.717, 1.165) is 4.90 Å². The number of rotatable bonds is 5. The molecular weight excluding hydrogens is 328 g/mol. The van der Waals surface area contributed by atoms with Crippen LogP contribution in [0, 0.1) is 0 Å². The molecule has 2 atom stereocenters. The summed E-state index contributed by atoms with van der Waals surface area (Å²) in [4.78, 5) is 13.1. The number of ether oxygens (including phenoxy) is 3. The molecule has 1 aromatic rings. The van der Waals surface area contributed by atoms with E-state index in [1.807, 2.05) is 0 Å². The molecule has 1 N–H and O–H groups in total. The number of benzene rings is 1. The molecular formula is C15H19ClO5S. The Hall–Kier alpha value is -1.11. The lowest BCUT2D eigenvalue weighted by Crippen LogP contribution is -2.49. The molecule has 22 heavy (non-hydrogen) atoms. The molecule has 0 saturated carbocycles. The van der Waals surface area contributed by atoms with Gasteiger partial charge in [-0.2, -0.15) is 0 Å². The van der Waals surface area contributed by atoms with Gasteiger partial charge in [0.1, 0.15) is 29.0 Å². The second-order valence-electron chi connectivity index (χ2n) is 4.92. The normalized spacial score (nSPS) is 23.9. The van der Waals surface area contributed by atoms with Gasteiger partial charge in [-0.05, 0) is 31.0 Å². The first-order valence-electron chi connectivity index (χ1n) is 6.89. The lowest BCUT2D eigenvalue weighted by atomic mass is 9.96. The summed E-state index contributed by atoms with van der Waals surface area (Å²) in [6.45, 7) is 0.0176. The minimum atomic E-state index is -1.14. The number of fused-ring (bicyclic) bond motifs is 1. The third-order valence-electron chi connectivity index (χ3n) is 3.59. The first kappa shape index (κ1) is 17.2. The number of thioether (sulfide) groups is 1. The van der Waals surface area contributed by atoms with E-state index in [0.29, 0.717) is 30.2 Å². The van der Waals surface area contributed by atoms with Crippen LogP contribution in [0.1, 0.15) is 12.8 Å². The van der Waals surface area contributed by atoms with E-state index in [9.17, 15) is 9.90 Å². The molecule has 0 unspecified atom stereocenters. The molecule has 0 spiro atoms. The van der Waals surface area contributed by atoms with Crippen LogP contribution in [-0.4, -0.2) is 48.6 Å². The highest BCUT2D eigenvalue weighted by atomic mass is 35.5. The zero-order valence-electron chi connectivity index (χ0n) is 12.5. The lowest BCUT2D eigenvalue weighted by Gasteiger charge is -2.32. The molecule has 1 aromatic carbocycles. The molecule has 0 aromatic heterocycles. The summed E-state index contributed by atoms with van der Waals surface area (Å²) in [6.07, 6.45) is -0.0127. The number of hydrogen-bond donors (Lipinski definition) is 1. The summed E-state index contributed by atoms with van der Waals surface area (Å²) in [5, 5.41) is 10.5. The van der Waals surface area contributed by atoms with Crippen LogP contribution in [0.25, 0.3) is 0 Å². The topological polar surface area (TPSA) is 65.0 Å². The Labute approximate surface area is 138 Å². The molecule has 1 aliphatic rings. The number of carbonyl (C=O) groups is 1. The van der Waals surface area contributed by atoms with E-state index in [2.05, 4.69) is 0 Å². The van der Waals surface area contributed by atoms with Crippen LogP contribution in [0.4, 0.5) is 0 Å². The number of halogens is 1. The van der Waals surface area contributed by atoms with Crippen molar-refractivity contribution in [2.24, 2.45) is 0 Å². The maximum atomic E-state index is 12.4. The Morgan fingerprint density at radius 1 is 1.55 bits per heavy atom. The van der Waals surface area contributed by atoms with E-state index in [1.165, 1.54) is 18.9 Å². The average molecular weight is 347 g/mol. The van der Waals surface area contributed by atoms with Crippen molar-refractivity contribution in [1.29, 1.82) is 0 Å². The summed E-state index contributed by atoms with van der Waals surface area (Å²) >= 11 is 7.02. The van der Waals surface area contributed by atoms with Crippen molar-refractivity contribution in [1.82, 2.24) is 0 Å². The summed E-state index contributed by atoms with van der Waals surface area (Å²) in [6, 6.07) is 5.33. The Balaban J connectivity index is 2.44. The molecule has 5 nitrogen and oxygen atoms in total. The average Bonchev–Trinajstić information content (AvgIpc) is 2.69. The second-order valence-corrected chi connectivity index (χ2v) is 6.67. The van der Waals surface area contributed by atoms with Gasteiger partial charge in [0.2, 0.25) is 0 Å². The van der Waals surface area contributed by atoms with Crippen LogP contribution in [-0.2, 0) is 9.53 Å². The molecule has 0 radical (unpaired) electrons. The first-order valence-corrected chi connectivity index (χ1v) is 8.24. The number of aliphatic hydroxyl groups is 1. The van der Waals surface area contributed by atoms with Crippen LogP contribution in [0.5, 0.6) is 11.5 Å². The Morgan fingerprint density at radius 3 is 2.95 bits per heavy atom. The third-order valence-corrected chi connectivity index (χ3v) is 5.40. The molecule has 2 rings (SSSR count). The Bertz CT molecular complexity index is 539. The second kappa shape index (κ2) is 7.44. The van der Waals surface area contributed by atoms with Crippen LogP contribution >= 0.6 is 23.4 Å². The minimum Gasteiger partial charge on any atom is -0.497 e. The van der Waals surface area contributed by atoms with Gasteiger partial charge < -0.3 is 19.3 Å². The van der Waals surface area contributed by atoms with Crippen LogP contribution in [0.3, 0.4) is 0 Å². The highest BCUT2D eigenvalue weighted by Crippen LogP contribution is 2.47. The predicted octanol–water partition coefficient (Wildman–Crippen LogP) is 2.47. The van der Waals surface area contributed by atoms with E-state index < -0.39 is 16.8 Å². The number of esters is 1. The van der Waals surface area contributed by atoms with Crippen molar-refractivity contribution >= 4 is 29.3 Å². The van der Waals surface area contributed by atoms with Crippen molar-refractivity contribution in [3.05, 3.63) is 18.2 Å². The smallest absolute Gasteiger partial charge is 0.325 e. The van der Waals surface area contributed by atoms with Crippen molar-refractivity contribution in [2.75, 3.05) is 26.7 Å². The summed E-state index contributed by atoms with van der Waals surface area (Å²) in [7, 11) is 2.89. The van der Waals surface area contributed by atoms with Gasteiger partial charge in [0.05, 0.1) is 19.1 Å². The van der Waals surface area contributed by atoms with Gasteiger partial charge >= 0.3 is 5.97 Å². The largest absolute Gasteiger partial charge is 0.497 e. The molecule has 1 aliphatic heterocycles. The van der Waals surface area contributed by atoms with Crippen LogP contribution in [0.15, 0.2) is 23.1 Å². The van der Waals surface area contributed by atoms with Crippen molar-refractivity contribution in [3.63, 3.8) is 0 Å². The van der Waals surface area contributed by atoms with Gasteiger partial charge in [0.15, 0.2) is 0 Å². The monoisotopic (exact) mass is 346 g/mol. The standard InChI is InChI=1S/C15H19ClO5S/c1-19-10-4-5-11-12(8-10)22-15(6-3-7-16,14(18)20-2)13(17)9-21-11/h4-5,8,13,17H,3,6-7,9H2,1-2H3/t13-,15+/m0/s1. The number of aliphatic hydroxyl groups excluding tert-OH is 1. The van der Waals surface area contributed by atoms with Crippen molar-refractivity contribution in [3.8, 4) is 11.5 Å². The van der Waals surface area contributed by atoms with E-state index in [1.54, 1.807) is 25.3 Å². The number of carbonyl (C=O) groups excluding carboxylic acids is 1. The summed E-state index contributed by atoms with van der Waals surface area (Å²) in [5.41, 5.74) is 0. The number of methoxy groups -OCH3 is 2. The van der Waals surface area contributed by atoms with E-state index in [-0.39, 0.29) is 6.61 Å². The molecule has 0 amide bonds. The van der Waals surface area contributed by atoms with E-state index in [4.69, 9.17) is 25.8 Å². The van der Waals surface area contributed by atoms with Crippen molar-refractivity contribution in [2.45, 2.75) is 28.6 Å². The third kappa shape index (κ3) is 3.29. The van der Waals surface area contributed by atoms with Crippen molar-refractivity contribution < 1.29 is 24.1 Å². The Morgan fingerprint density at radius 2 is 2.32 bits per heavy atom. The molecule has 0 bridgehead atoms.